The maximum absolute atomic E-state index is 4.41. The summed E-state index contributed by atoms with van der Waals surface area (Å²) >= 11 is 3.39. The highest BCUT2D eigenvalue weighted by molar-refractivity contribution is 9.10. The van der Waals surface area contributed by atoms with E-state index in [0.29, 0.717) is 5.92 Å². The van der Waals surface area contributed by atoms with Gasteiger partial charge in [-0.25, -0.2) is 4.98 Å². The number of rotatable bonds is 3. The molecule has 1 aromatic rings. The van der Waals surface area contributed by atoms with Crippen LogP contribution in [0.25, 0.3) is 0 Å². The van der Waals surface area contributed by atoms with Crippen molar-refractivity contribution in [1.82, 2.24) is 9.55 Å². The molecule has 0 aromatic carbocycles. The number of halogens is 1. The van der Waals surface area contributed by atoms with Gasteiger partial charge in [0.05, 0.1) is 0 Å². The summed E-state index contributed by atoms with van der Waals surface area (Å²) in [5.41, 5.74) is 0. The molecule has 0 fully saturated rings. The number of hydrogen-bond donors (Lipinski definition) is 0. The smallest absolute Gasteiger partial charge is 0.124 e. The fraction of sp³-hybridized carbons (Fsp3) is 0.667. The van der Waals surface area contributed by atoms with Crippen molar-refractivity contribution in [1.29, 1.82) is 0 Å². The van der Waals surface area contributed by atoms with E-state index < -0.39 is 0 Å². The molecule has 0 aliphatic carbocycles. The van der Waals surface area contributed by atoms with E-state index in [1.807, 2.05) is 0 Å². The van der Waals surface area contributed by atoms with E-state index in [1.165, 1.54) is 5.82 Å². The lowest BCUT2D eigenvalue weighted by Gasteiger charge is -2.07. The van der Waals surface area contributed by atoms with Crippen LogP contribution in [-0.4, -0.2) is 9.55 Å². The van der Waals surface area contributed by atoms with E-state index in [-0.39, 0.29) is 0 Å². The SMILES string of the molecule is CCCn1cc(Br)nc1C(C)C. The maximum Gasteiger partial charge on any atom is 0.124 e. The zero-order valence-electron chi connectivity index (χ0n) is 7.84. The van der Waals surface area contributed by atoms with Crippen LogP contribution in [0.2, 0.25) is 0 Å². The van der Waals surface area contributed by atoms with E-state index >= 15 is 0 Å². The summed E-state index contributed by atoms with van der Waals surface area (Å²) in [6.45, 7) is 7.58. The van der Waals surface area contributed by atoms with E-state index in [4.69, 9.17) is 0 Å². The van der Waals surface area contributed by atoms with Gasteiger partial charge in [-0.3, -0.25) is 0 Å². The second-order valence-electron chi connectivity index (χ2n) is 3.27. The van der Waals surface area contributed by atoms with Gasteiger partial charge in [0.15, 0.2) is 0 Å². The summed E-state index contributed by atoms with van der Waals surface area (Å²) in [4.78, 5) is 4.41. The first kappa shape index (κ1) is 9.78. The Labute approximate surface area is 82.1 Å². The Bertz CT molecular complexity index is 253. The highest BCUT2D eigenvalue weighted by Crippen LogP contribution is 2.17. The monoisotopic (exact) mass is 230 g/mol. The van der Waals surface area contributed by atoms with Gasteiger partial charge in [0, 0.05) is 18.7 Å². The van der Waals surface area contributed by atoms with Crippen LogP contribution < -0.4 is 0 Å². The summed E-state index contributed by atoms with van der Waals surface area (Å²) in [5, 5.41) is 0. The van der Waals surface area contributed by atoms with Crippen LogP contribution in [0, 0.1) is 0 Å². The van der Waals surface area contributed by atoms with E-state index in [0.717, 1.165) is 17.6 Å². The first-order valence-corrected chi connectivity index (χ1v) is 5.17. The first-order valence-electron chi connectivity index (χ1n) is 4.37. The third-order valence-corrected chi connectivity index (χ3v) is 2.14. The lowest BCUT2D eigenvalue weighted by atomic mass is 10.2. The predicted molar refractivity (Wildman–Crippen MR) is 54.3 cm³/mol. The molecule has 0 aliphatic heterocycles. The molecular formula is C9H15BrN2. The Hall–Kier alpha value is -0.310. The van der Waals surface area contributed by atoms with Gasteiger partial charge in [-0.2, -0.15) is 0 Å². The summed E-state index contributed by atoms with van der Waals surface area (Å²) in [6.07, 6.45) is 3.21. The van der Waals surface area contributed by atoms with Crippen molar-refractivity contribution in [2.45, 2.75) is 39.7 Å². The average Bonchev–Trinajstić information content (AvgIpc) is 2.32. The molecule has 0 aliphatic rings. The Balaban J connectivity index is 2.92. The van der Waals surface area contributed by atoms with Crippen LogP contribution in [0.4, 0.5) is 0 Å². The second-order valence-corrected chi connectivity index (χ2v) is 4.08. The van der Waals surface area contributed by atoms with Gasteiger partial charge >= 0.3 is 0 Å². The maximum atomic E-state index is 4.41. The zero-order valence-corrected chi connectivity index (χ0v) is 9.43. The fourth-order valence-electron chi connectivity index (χ4n) is 1.28. The third-order valence-electron chi connectivity index (χ3n) is 1.76. The molecule has 0 atom stereocenters. The molecular weight excluding hydrogens is 216 g/mol. The molecule has 0 radical (unpaired) electrons. The molecule has 1 rings (SSSR count). The second kappa shape index (κ2) is 4.08. The summed E-state index contributed by atoms with van der Waals surface area (Å²) < 4.78 is 3.16. The minimum atomic E-state index is 0.503. The Morgan fingerprint density at radius 3 is 2.75 bits per heavy atom. The molecule has 3 heteroatoms. The quantitative estimate of drug-likeness (QED) is 0.781. The summed E-state index contributed by atoms with van der Waals surface area (Å²) in [6, 6.07) is 0. The van der Waals surface area contributed by atoms with Crippen molar-refractivity contribution in [3.05, 3.63) is 16.6 Å². The van der Waals surface area contributed by atoms with Gasteiger partial charge in [-0.15, -0.1) is 0 Å². The zero-order chi connectivity index (χ0) is 9.14. The van der Waals surface area contributed by atoms with Gasteiger partial charge < -0.3 is 4.57 Å². The number of hydrogen-bond acceptors (Lipinski definition) is 1. The van der Waals surface area contributed by atoms with Crippen LogP contribution >= 0.6 is 15.9 Å². The molecule has 0 N–H and O–H groups in total. The van der Waals surface area contributed by atoms with Gasteiger partial charge in [0.2, 0.25) is 0 Å². The number of aromatic nitrogens is 2. The standard InChI is InChI=1S/C9H15BrN2/c1-4-5-12-6-8(10)11-9(12)7(2)3/h6-7H,4-5H2,1-3H3. The Morgan fingerprint density at radius 1 is 1.58 bits per heavy atom. The van der Waals surface area contributed by atoms with Crippen LogP contribution in [0.15, 0.2) is 10.8 Å². The van der Waals surface area contributed by atoms with Gasteiger partial charge in [-0.05, 0) is 22.4 Å². The van der Waals surface area contributed by atoms with Crippen molar-refractivity contribution in [2.75, 3.05) is 0 Å². The topological polar surface area (TPSA) is 17.8 Å². The largest absolute Gasteiger partial charge is 0.334 e. The molecule has 1 aromatic heterocycles. The number of aryl methyl sites for hydroxylation is 1. The molecule has 0 amide bonds. The van der Waals surface area contributed by atoms with Crippen molar-refractivity contribution in [2.24, 2.45) is 0 Å². The van der Waals surface area contributed by atoms with Crippen molar-refractivity contribution < 1.29 is 0 Å². The molecule has 0 saturated carbocycles. The summed E-state index contributed by atoms with van der Waals surface area (Å²) in [5.74, 6) is 1.67. The Kier molecular flexibility index (Phi) is 3.32. The number of nitrogens with zero attached hydrogens (tertiary/aromatic N) is 2. The molecule has 0 unspecified atom stereocenters. The van der Waals surface area contributed by atoms with Gasteiger partial charge in [-0.1, -0.05) is 20.8 Å². The van der Waals surface area contributed by atoms with E-state index in [9.17, 15) is 0 Å². The molecule has 68 valence electrons. The lowest BCUT2D eigenvalue weighted by molar-refractivity contribution is 0.610. The molecule has 1 heterocycles. The summed E-state index contributed by atoms with van der Waals surface area (Å²) in [7, 11) is 0. The van der Waals surface area contributed by atoms with Crippen LogP contribution in [-0.2, 0) is 6.54 Å². The van der Waals surface area contributed by atoms with Crippen LogP contribution in [0.3, 0.4) is 0 Å². The Morgan fingerprint density at radius 2 is 2.25 bits per heavy atom. The molecule has 0 bridgehead atoms. The normalized spacial score (nSPS) is 11.1. The highest BCUT2D eigenvalue weighted by atomic mass is 79.9. The molecule has 0 spiro atoms. The highest BCUT2D eigenvalue weighted by Gasteiger charge is 2.08. The predicted octanol–water partition coefficient (Wildman–Crippen LogP) is 3.18. The van der Waals surface area contributed by atoms with Crippen molar-refractivity contribution in [3.63, 3.8) is 0 Å². The lowest BCUT2D eigenvalue weighted by Crippen LogP contribution is -2.03. The van der Waals surface area contributed by atoms with Crippen molar-refractivity contribution in [3.8, 4) is 0 Å². The van der Waals surface area contributed by atoms with Gasteiger partial charge in [0.1, 0.15) is 10.4 Å². The third kappa shape index (κ3) is 2.09. The minimum Gasteiger partial charge on any atom is -0.334 e. The van der Waals surface area contributed by atoms with E-state index in [1.54, 1.807) is 0 Å². The molecule has 2 nitrogen and oxygen atoms in total. The van der Waals surface area contributed by atoms with Gasteiger partial charge in [0.25, 0.3) is 0 Å². The first-order chi connectivity index (χ1) is 5.65. The van der Waals surface area contributed by atoms with Crippen LogP contribution in [0.5, 0.6) is 0 Å². The molecule has 0 saturated heterocycles. The van der Waals surface area contributed by atoms with E-state index in [2.05, 4.69) is 52.4 Å². The number of imidazole rings is 1. The molecule has 12 heavy (non-hydrogen) atoms. The average molecular weight is 231 g/mol. The fourth-order valence-corrected chi connectivity index (χ4v) is 1.71. The van der Waals surface area contributed by atoms with Crippen LogP contribution in [0.1, 0.15) is 38.9 Å². The van der Waals surface area contributed by atoms with Crippen molar-refractivity contribution >= 4 is 15.9 Å². The minimum absolute atomic E-state index is 0.503.